The van der Waals surface area contributed by atoms with Gasteiger partial charge >= 0.3 is 0 Å². The minimum absolute atomic E-state index is 0.108. The van der Waals surface area contributed by atoms with E-state index in [4.69, 9.17) is 11.9 Å². The van der Waals surface area contributed by atoms with Gasteiger partial charge in [0.2, 0.25) is 0 Å². The Kier molecular flexibility index (Phi) is 9.22. The highest BCUT2D eigenvalue weighted by atomic mass is 32.2. The molecule has 0 bridgehead atoms. The minimum Gasteiger partial charge on any atom is -0.505 e. The summed E-state index contributed by atoms with van der Waals surface area (Å²) < 4.78 is 85.3. The van der Waals surface area contributed by atoms with Gasteiger partial charge in [0.25, 0.3) is 10.1 Å². The first-order valence-electron chi connectivity index (χ1n) is 10.2. The SMILES string of the molecule is [2H]Nc1ccc2c(O)c(/N=N/c3ccc(S(=O)(=O)CCS(=O)OOO)cc3)c(SOOO)cc2c1S(=O)(=O)O. The third-order valence-electron chi connectivity index (χ3n) is 4.68. The predicted octanol–water partition coefficient (Wildman–Crippen LogP) is 3.08. The zero-order valence-corrected chi connectivity index (χ0v) is 21.7. The Hall–Kier alpha value is -2.76. The molecule has 3 aromatic rings. The smallest absolute Gasteiger partial charge is 0.297 e. The van der Waals surface area contributed by atoms with Crippen LogP contribution in [0.3, 0.4) is 0 Å². The highest BCUT2D eigenvalue weighted by molar-refractivity contribution is 7.94. The molecule has 0 heterocycles. The van der Waals surface area contributed by atoms with E-state index in [2.05, 4.69) is 29.0 Å². The summed E-state index contributed by atoms with van der Waals surface area (Å²) >= 11 is -1.91. The van der Waals surface area contributed by atoms with E-state index in [1.165, 1.54) is 30.3 Å². The van der Waals surface area contributed by atoms with Crippen molar-refractivity contribution in [2.75, 3.05) is 17.2 Å². The number of sulfone groups is 1. The highest BCUT2D eigenvalue weighted by Crippen LogP contribution is 2.46. The second-order valence-electron chi connectivity index (χ2n) is 6.97. The first-order chi connectivity index (χ1) is 18.4. The number of phenolic OH excluding ortho intramolecular Hbond substituents is 1. The van der Waals surface area contributed by atoms with Crippen LogP contribution in [0.4, 0.5) is 17.1 Å². The Morgan fingerprint density at radius 2 is 1.74 bits per heavy atom. The Labute approximate surface area is 222 Å². The molecule has 0 fully saturated rings. The van der Waals surface area contributed by atoms with Crippen molar-refractivity contribution < 1.29 is 61.4 Å². The average Bonchev–Trinajstić information content (AvgIpc) is 2.89. The van der Waals surface area contributed by atoms with Crippen molar-refractivity contribution in [1.29, 1.82) is 0 Å². The first kappa shape index (κ1) is 28.3. The lowest BCUT2D eigenvalue weighted by atomic mass is 10.1. The van der Waals surface area contributed by atoms with Crippen molar-refractivity contribution in [1.82, 2.24) is 0 Å². The number of nitrogens with zero attached hydrogens (tertiary/aromatic N) is 2. The number of phenols is 1. The fraction of sp³-hybridized carbons (Fsp3) is 0.111. The molecule has 20 heteroatoms. The molecule has 0 spiro atoms. The van der Waals surface area contributed by atoms with Gasteiger partial charge in [0, 0.05) is 10.8 Å². The summed E-state index contributed by atoms with van der Waals surface area (Å²) in [5.74, 6) is -1.70. The summed E-state index contributed by atoms with van der Waals surface area (Å²) in [4.78, 5) is -1.03. The van der Waals surface area contributed by atoms with E-state index < -0.39 is 53.2 Å². The number of nitrogens with two attached hydrogens (primary N) is 1. The molecule has 0 radical (unpaired) electrons. The number of aromatic hydroxyl groups is 1. The van der Waals surface area contributed by atoms with Crippen LogP contribution in [0, 0.1) is 0 Å². The first-order valence-corrected chi connectivity index (χ1v) is 14.7. The molecule has 0 aliphatic rings. The highest BCUT2D eigenvalue weighted by Gasteiger charge is 2.23. The average molecular weight is 613 g/mol. The maximum absolute atomic E-state index is 12.4. The molecule has 0 saturated carbocycles. The molecule has 0 aliphatic carbocycles. The molecule has 3 rings (SSSR count). The molecule has 6 N–H and O–H groups in total. The number of azo groups is 1. The Morgan fingerprint density at radius 3 is 2.34 bits per heavy atom. The second-order valence-corrected chi connectivity index (χ2v) is 12.3. The van der Waals surface area contributed by atoms with Gasteiger partial charge in [-0.25, -0.2) is 23.1 Å². The molecule has 206 valence electrons. The molecular formula is C18H17N3O13S4. The summed E-state index contributed by atoms with van der Waals surface area (Å²) in [6, 6.07) is 8.38. The quantitative estimate of drug-likeness (QED) is 0.0464. The van der Waals surface area contributed by atoms with Gasteiger partial charge in [-0.1, -0.05) is 10.1 Å². The molecule has 0 saturated heterocycles. The van der Waals surface area contributed by atoms with E-state index in [1.54, 1.807) is 0 Å². The Morgan fingerprint density at radius 1 is 1.03 bits per heavy atom. The number of hydrogen-bond acceptors (Lipinski definition) is 16. The Bertz CT molecular complexity index is 1620. The van der Waals surface area contributed by atoms with Crippen molar-refractivity contribution in [3.05, 3.63) is 42.5 Å². The zero-order chi connectivity index (χ0) is 28.8. The van der Waals surface area contributed by atoms with Crippen LogP contribution < -0.4 is 5.73 Å². The fourth-order valence-electron chi connectivity index (χ4n) is 3.07. The van der Waals surface area contributed by atoms with E-state index in [1.807, 2.05) is 5.73 Å². The number of fused-ring (bicyclic) bond motifs is 1. The van der Waals surface area contributed by atoms with Gasteiger partial charge in [-0.15, -0.1) is 13.8 Å². The molecule has 0 aliphatic heterocycles. The number of hydrogen-bond donors (Lipinski definition) is 5. The molecule has 3 aromatic carbocycles. The van der Waals surface area contributed by atoms with Crippen LogP contribution in [-0.2, 0) is 49.8 Å². The van der Waals surface area contributed by atoms with Crippen LogP contribution in [0.2, 0.25) is 1.41 Å². The predicted molar refractivity (Wildman–Crippen MR) is 131 cm³/mol. The van der Waals surface area contributed by atoms with Crippen LogP contribution in [0.1, 0.15) is 0 Å². The maximum Gasteiger partial charge on any atom is 0.297 e. The largest absolute Gasteiger partial charge is 0.505 e. The lowest BCUT2D eigenvalue weighted by molar-refractivity contribution is -0.434. The summed E-state index contributed by atoms with van der Waals surface area (Å²) in [7, 11) is -8.79. The standard InChI is InChI=1S/C18H17N3O13S4/c19-14-6-5-12-13(18(14)38(28,29)30)9-15(35-33-31-23)16(17(12)22)21-20-10-1-3-11(4-2-10)37(26,27)8-7-36(25)34-32-24/h1-6,9,22-24H,7-8,19H2,(H,28,29,30)/b21-20+/i/hD. The summed E-state index contributed by atoms with van der Waals surface area (Å²) in [5, 5.41) is 41.7. The van der Waals surface area contributed by atoms with E-state index >= 15 is 0 Å². The molecule has 1 atom stereocenters. The summed E-state index contributed by atoms with van der Waals surface area (Å²) in [6.07, 6.45) is 0. The van der Waals surface area contributed by atoms with E-state index in [-0.39, 0.29) is 37.6 Å². The van der Waals surface area contributed by atoms with Crippen molar-refractivity contribution >= 4 is 70.9 Å². The summed E-state index contributed by atoms with van der Waals surface area (Å²) in [5.41, 5.74) is 1.39. The monoisotopic (exact) mass is 612 g/mol. The number of benzene rings is 3. The summed E-state index contributed by atoms with van der Waals surface area (Å²) in [6.45, 7) is 0. The molecule has 0 aromatic heterocycles. The second kappa shape index (κ2) is 12.4. The molecule has 38 heavy (non-hydrogen) atoms. The third kappa shape index (κ3) is 7.00. The van der Waals surface area contributed by atoms with Gasteiger partial charge in [0.1, 0.15) is 10.6 Å². The topological polar surface area (TPSA) is 254 Å². The minimum atomic E-state index is -4.89. The van der Waals surface area contributed by atoms with Crippen LogP contribution in [0.5, 0.6) is 5.75 Å². The maximum atomic E-state index is 12.4. The number of nitrogen functional groups attached to an aromatic ring is 1. The van der Waals surface area contributed by atoms with Crippen LogP contribution in [0.15, 0.2) is 67.4 Å². The Balaban J connectivity index is 2.00. The van der Waals surface area contributed by atoms with Gasteiger partial charge in [0.15, 0.2) is 28.1 Å². The normalized spacial score (nSPS) is 13.6. The van der Waals surface area contributed by atoms with Gasteiger partial charge < -0.3 is 10.8 Å². The van der Waals surface area contributed by atoms with Crippen molar-refractivity contribution in [3.63, 3.8) is 0 Å². The zero-order valence-electron chi connectivity index (χ0n) is 19.4. The van der Waals surface area contributed by atoms with Crippen molar-refractivity contribution in [2.24, 2.45) is 10.2 Å². The van der Waals surface area contributed by atoms with Gasteiger partial charge in [0.05, 0.1) is 44.7 Å². The molecular weight excluding hydrogens is 594 g/mol. The van der Waals surface area contributed by atoms with Crippen LogP contribution >= 0.6 is 12.0 Å². The number of anilines is 1. The molecule has 1 unspecified atom stereocenters. The molecule has 0 amide bonds. The lowest BCUT2D eigenvalue weighted by Gasteiger charge is -2.12. The van der Waals surface area contributed by atoms with E-state index in [0.29, 0.717) is 12.0 Å². The number of rotatable bonds is 13. The van der Waals surface area contributed by atoms with Gasteiger partial charge in [-0.2, -0.15) is 13.5 Å². The molecule has 16 nitrogen and oxygen atoms in total. The van der Waals surface area contributed by atoms with E-state index in [9.17, 15) is 30.7 Å². The van der Waals surface area contributed by atoms with Crippen LogP contribution in [-0.4, -0.2) is 52.7 Å². The van der Waals surface area contributed by atoms with Crippen LogP contribution in [0.25, 0.3) is 10.8 Å². The fourth-order valence-corrected chi connectivity index (χ4v) is 6.70. The third-order valence-corrected chi connectivity index (χ3v) is 9.00. The van der Waals surface area contributed by atoms with Crippen molar-refractivity contribution in [2.45, 2.75) is 14.7 Å². The van der Waals surface area contributed by atoms with Gasteiger partial charge in [-0.3, -0.25) is 4.55 Å². The lowest BCUT2D eigenvalue weighted by Crippen LogP contribution is -2.14. The van der Waals surface area contributed by atoms with Gasteiger partial charge in [-0.05, 0) is 42.5 Å². The van der Waals surface area contributed by atoms with E-state index in [0.717, 1.165) is 12.1 Å². The van der Waals surface area contributed by atoms with Crippen molar-refractivity contribution in [3.8, 4) is 5.75 Å².